The predicted molar refractivity (Wildman–Crippen MR) is 72.1 cm³/mol. The molecule has 0 atom stereocenters. The van der Waals surface area contributed by atoms with Crippen LogP contribution in [0.3, 0.4) is 0 Å². The van der Waals surface area contributed by atoms with E-state index in [9.17, 15) is 9.59 Å². The van der Waals surface area contributed by atoms with Crippen LogP contribution in [0.15, 0.2) is 0 Å². The fraction of sp³-hybridized carbons (Fsp3) is 0.857. The van der Waals surface area contributed by atoms with Gasteiger partial charge in [0.15, 0.2) is 0 Å². The molecule has 0 rings (SSSR count). The van der Waals surface area contributed by atoms with E-state index < -0.39 is 0 Å². The molecule has 0 saturated heterocycles. The summed E-state index contributed by atoms with van der Waals surface area (Å²) in [5, 5.41) is 0. The summed E-state index contributed by atoms with van der Waals surface area (Å²) in [6.07, 6.45) is 0. The number of carbonyl (C=O) groups is 2. The largest absolute Gasteiger partial charge is 0.465 e. The third-order valence-electron chi connectivity index (χ3n) is 2.61. The maximum Gasteiger partial charge on any atom is 0.308 e. The van der Waals surface area contributed by atoms with E-state index in [1.165, 1.54) is 0 Å². The van der Waals surface area contributed by atoms with Crippen LogP contribution in [0, 0.1) is 17.3 Å². The molecule has 0 unspecified atom stereocenters. The third kappa shape index (κ3) is 6.03. The molecule has 0 aliphatic rings. The highest BCUT2D eigenvalue weighted by molar-refractivity contribution is 5.77. The van der Waals surface area contributed by atoms with Crippen LogP contribution < -0.4 is 0 Å². The fourth-order valence-corrected chi connectivity index (χ4v) is 1.64. The third-order valence-corrected chi connectivity index (χ3v) is 2.61. The van der Waals surface area contributed by atoms with Gasteiger partial charge in [-0.1, -0.05) is 41.5 Å². The Bertz CT molecular complexity index is 295. The Hall–Kier alpha value is -1.06. The van der Waals surface area contributed by atoms with Gasteiger partial charge in [0.2, 0.25) is 5.91 Å². The van der Waals surface area contributed by atoms with Gasteiger partial charge >= 0.3 is 5.97 Å². The topological polar surface area (TPSA) is 46.6 Å². The molecule has 0 aromatic heterocycles. The van der Waals surface area contributed by atoms with Crippen molar-refractivity contribution in [3.63, 3.8) is 0 Å². The second kappa shape index (κ2) is 6.76. The van der Waals surface area contributed by atoms with Gasteiger partial charge in [0, 0.05) is 24.9 Å². The molecule has 0 radical (unpaired) electrons. The number of amides is 1. The minimum atomic E-state index is -0.232. The van der Waals surface area contributed by atoms with Gasteiger partial charge in [0.25, 0.3) is 0 Å². The summed E-state index contributed by atoms with van der Waals surface area (Å²) >= 11 is 0. The Kier molecular flexibility index (Phi) is 6.36. The first-order valence-electron chi connectivity index (χ1n) is 6.48. The summed E-state index contributed by atoms with van der Waals surface area (Å²) < 4.78 is 5.23. The number of hydrogen-bond acceptors (Lipinski definition) is 3. The Morgan fingerprint density at radius 3 is 2.00 bits per heavy atom. The molecule has 18 heavy (non-hydrogen) atoms. The number of nitrogens with zero attached hydrogens (tertiary/aromatic N) is 1. The summed E-state index contributed by atoms with van der Waals surface area (Å²) in [7, 11) is 1.79. The predicted octanol–water partition coefficient (Wildman–Crippen LogP) is 2.33. The molecule has 0 aliphatic carbocycles. The molecular weight excluding hydrogens is 230 g/mol. The van der Waals surface area contributed by atoms with E-state index in [1.54, 1.807) is 11.9 Å². The van der Waals surface area contributed by atoms with Crippen molar-refractivity contribution >= 4 is 11.9 Å². The molecule has 1 amide bonds. The highest BCUT2D eigenvalue weighted by Crippen LogP contribution is 2.18. The number of carbonyl (C=O) groups excluding carboxylic acids is 2. The molecular formula is C14H27NO3. The van der Waals surface area contributed by atoms with Crippen LogP contribution in [0.4, 0.5) is 0 Å². The zero-order valence-electron chi connectivity index (χ0n) is 12.7. The summed E-state index contributed by atoms with van der Waals surface area (Å²) in [6, 6.07) is 0. The van der Waals surface area contributed by atoms with Crippen molar-refractivity contribution in [3.05, 3.63) is 0 Å². The Morgan fingerprint density at radius 2 is 1.61 bits per heavy atom. The summed E-state index contributed by atoms with van der Waals surface area (Å²) in [5.41, 5.74) is -0.232. The second-order valence-electron chi connectivity index (χ2n) is 6.28. The standard InChI is InChI=1S/C14H27NO3/c1-10(2)12(16)15(7)8-14(5,6)9-18-13(17)11(3)4/h10-11H,8-9H2,1-7H3. The van der Waals surface area contributed by atoms with Crippen molar-refractivity contribution in [2.75, 3.05) is 20.2 Å². The van der Waals surface area contributed by atoms with Crippen LogP contribution >= 0.6 is 0 Å². The minimum absolute atomic E-state index is 0.0102. The molecule has 0 N–H and O–H groups in total. The lowest BCUT2D eigenvalue weighted by atomic mass is 9.93. The zero-order chi connectivity index (χ0) is 14.5. The van der Waals surface area contributed by atoms with Crippen LogP contribution in [0.25, 0.3) is 0 Å². The SMILES string of the molecule is CC(C)C(=O)OCC(C)(C)CN(C)C(=O)C(C)C. The van der Waals surface area contributed by atoms with Gasteiger partial charge in [-0.25, -0.2) is 0 Å². The molecule has 106 valence electrons. The van der Waals surface area contributed by atoms with E-state index in [1.807, 2.05) is 41.5 Å². The summed E-state index contributed by atoms with van der Waals surface area (Å²) in [6.45, 7) is 12.3. The molecule has 0 aromatic rings. The molecule has 0 aliphatic heterocycles. The van der Waals surface area contributed by atoms with Crippen molar-refractivity contribution in [1.29, 1.82) is 0 Å². The molecule has 4 nitrogen and oxygen atoms in total. The molecule has 0 heterocycles. The maximum absolute atomic E-state index is 11.8. The normalized spacial score (nSPS) is 11.8. The van der Waals surface area contributed by atoms with Crippen molar-refractivity contribution in [2.45, 2.75) is 41.5 Å². The lowest BCUT2D eigenvalue weighted by molar-refractivity contribution is -0.151. The molecule has 0 spiro atoms. The monoisotopic (exact) mass is 257 g/mol. The Labute approximate surface area is 111 Å². The van der Waals surface area contributed by atoms with Gasteiger partial charge in [0.1, 0.15) is 0 Å². The second-order valence-corrected chi connectivity index (χ2v) is 6.28. The van der Waals surface area contributed by atoms with Crippen LogP contribution in [0.5, 0.6) is 0 Å². The Balaban J connectivity index is 4.30. The Morgan fingerprint density at radius 1 is 1.11 bits per heavy atom. The molecule has 0 bridgehead atoms. The summed E-state index contributed by atoms with van der Waals surface area (Å²) in [4.78, 5) is 24.9. The first kappa shape index (κ1) is 16.9. The number of esters is 1. The van der Waals surface area contributed by atoms with E-state index in [-0.39, 0.29) is 29.1 Å². The van der Waals surface area contributed by atoms with Crippen molar-refractivity contribution < 1.29 is 14.3 Å². The molecule has 4 heteroatoms. The average Bonchev–Trinajstić information content (AvgIpc) is 2.23. The van der Waals surface area contributed by atoms with E-state index in [2.05, 4.69) is 0 Å². The number of rotatable bonds is 6. The van der Waals surface area contributed by atoms with Crippen LogP contribution in [-0.2, 0) is 14.3 Å². The zero-order valence-corrected chi connectivity index (χ0v) is 12.7. The minimum Gasteiger partial charge on any atom is -0.465 e. The van der Waals surface area contributed by atoms with Crippen LogP contribution in [0.2, 0.25) is 0 Å². The van der Waals surface area contributed by atoms with E-state index in [0.29, 0.717) is 13.2 Å². The average molecular weight is 257 g/mol. The van der Waals surface area contributed by atoms with Gasteiger partial charge in [0.05, 0.1) is 12.5 Å². The van der Waals surface area contributed by atoms with Crippen molar-refractivity contribution in [3.8, 4) is 0 Å². The van der Waals surface area contributed by atoms with Crippen molar-refractivity contribution in [2.24, 2.45) is 17.3 Å². The van der Waals surface area contributed by atoms with Gasteiger partial charge < -0.3 is 9.64 Å². The number of ether oxygens (including phenoxy) is 1. The van der Waals surface area contributed by atoms with Gasteiger partial charge in [-0.05, 0) is 0 Å². The highest BCUT2D eigenvalue weighted by atomic mass is 16.5. The van der Waals surface area contributed by atoms with E-state index in [4.69, 9.17) is 4.74 Å². The van der Waals surface area contributed by atoms with Gasteiger partial charge in [-0.15, -0.1) is 0 Å². The van der Waals surface area contributed by atoms with E-state index in [0.717, 1.165) is 0 Å². The fourth-order valence-electron chi connectivity index (χ4n) is 1.64. The van der Waals surface area contributed by atoms with Crippen LogP contribution in [0.1, 0.15) is 41.5 Å². The first-order chi connectivity index (χ1) is 8.07. The lowest BCUT2D eigenvalue weighted by Crippen LogP contribution is -2.40. The lowest BCUT2D eigenvalue weighted by Gasteiger charge is -2.31. The summed E-state index contributed by atoms with van der Waals surface area (Å²) in [5.74, 6) is -0.209. The molecule has 0 saturated carbocycles. The van der Waals surface area contributed by atoms with E-state index >= 15 is 0 Å². The van der Waals surface area contributed by atoms with Gasteiger partial charge in [-0.3, -0.25) is 9.59 Å². The smallest absolute Gasteiger partial charge is 0.308 e. The maximum atomic E-state index is 11.8. The van der Waals surface area contributed by atoms with Crippen molar-refractivity contribution in [1.82, 2.24) is 4.90 Å². The first-order valence-corrected chi connectivity index (χ1v) is 6.48. The van der Waals surface area contributed by atoms with Gasteiger partial charge in [-0.2, -0.15) is 0 Å². The quantitative estimate of drug-likeness (QED) is 0.686. The number of hydrogen-bond donors (Lipinski definition) is 0. The molecule has 0 aromatic carbocycles. The highest BCUT2D eigenvalue weighted by Gasteiger charge is 2.26. The molecule has 0 fully saturated rings. The van der Waals surface area contributed by atoms with Crippen LogP contribution in [-0.4, -0.2) is 37.0 Å².